The van der Waals surface area contributed by atoms with Gasteiger partial charge in [-0.3, -0.25) is 10.1 Å². The third kappa shape index (κ3) is 4.20. The molecule has 0 spiro atoms. The highest BCUT2D eigenvalue weighted by Gasteiger charge is 2.16. The van der Waals surface area contributed by atoms with Crippen LogP contribution in [0.2, 0.25) is 0 Å². The van der Waals surface area contributed by atoms with Crippen molar-refractivity contribution in [2.75, 3.05) is 12.4 Å². The second-order valence-electron chi connectivity index (χ2n) is 4.02. The van der Waals surface area contributed by atoms with Crippen LogP contribution in [0.15, 0.2) is 16.6 Å². The molecule has 0 saturated heterocycles. The van der Waals surface area contributed by atoms with Crippen LogP contribution in [0.3, 0.4) is 0 Å². The van der Waals surface area contributed by atoms with Gasteiger partial charge in [-0.1, -0.05) is 0 Å². The molecule has 0 aliphatic rings. The van der Waals surface area contributed by atoms with Gasteiger partial charge in [-0.05, 0) is 47.5 Å². The van der Waals surface area contributed by atoms with E-state index >= 15 is 0 Å². The minimum absolute atomic E-state index is 0.305. The Hall–Kier alpha value is -1.63. The minimum atomic E-state index is -0.631. The average Bonchev–Trinajstić information content (AvgIpc) is 2.35. The summed E-state index contributed by atoms with van der Waals surface area (Å²) in [6.45, 7) is 3.33. The Morgan fingerprint density at radius 1 is 1.37 bits per heavy atom. The number of halogens is 2. The van der Waals surface area contributed by atoms with E-state index in [-0.39, 0.29) is 5.82 Å². The van der Waals surface area contributed by atoms with Gasteiger partial charge in [-0.2, -0.15) is 0 Å². The van der Waals surface area contributed by atoms with E-state index in [9.17, 15) is 14.0 Å². The van der Waals surface area contributed by atoms with Gasteiger partial charge in [-0.25, -0.2) is 9.18 Å². The second-order valence-corrected chi connectivity index (χ2v) is 4.87. The van der Waals surface area contributed by atoms with Crippen molar-refractivity contribution in [1.82, 2.24) is 10.6 Å². The molecule has 0 aliphatic heterocycles. The van der Waals surface area contributed by atoms with Gasteiger partial charge in [0.1, 0.15) is 11.9 Å². The Kier molecular flexibility index (Phi) is 5.29. The highest BCUT2D eigenvalue weighted by atomic mass is 79.9. The van der Waals surface area contributed by atoms with Gasteiger partial charge in [0.2, 0.25) is 5.91 Å². The fourth-order valence-corrected chi connectivity index (χ4v) is 1.73. The predicted octanol–water partition coefficient (Wildman–Crippen LogP) is 2.15. The van der Waals surface area contributed by atoms with E-state index in [0.717, 1.165) is 0 Å². The summed E-state index contributed by atoms with van der Waals surface area (Å²) in [7, 11) is 1.42. The molecule has 1 aromatic carbocycles. The molecule has 5 nitrogen and oxygen atoms in total. The van der Waals surface area contributed by atoms with Crippen LogP contribution in [-0.4, -0.2) is 25.0 Å². The van der Waals surface area contributed by atoms with Gasteiger partial charge < -0.3 is 10.6 Å². The van der Waals surface area contributed by atoms with Crippen LogP contribution in [0.25, 0.3) is 0 Å². The third-order valence-corrected chi connectivity index (χ3v) is 3.10. The number of urea groups is 1. The molecule has 0 bridgehead atoms. The first-order chi connectivity index (χ1) is 8.85. The summed E-state index contributed by atoms with van der Waals surface area (Å²) in [5.74, 6) is -0.843. The molecule has 1 rings (SSSR count). The molecular weight excluding hydrogens is 317 g/mol. The number of benzene rings is 1. The summed E-state index contributed by atoms with van der Waals surface area (Å²) in [4.78, 5) is 22.7. The zero-order valence-electron chi connectivity index (χ0n) is 10.8. The molecule has 0 aromatic heterocycles. The normalized spacial score (nSPS) is 11.6. The maximum atomic E-state index is 13.3. The first kappa shape index (κ1) is 15.4. The maximum Gasteiger partial charge on any atom is 0.321 e. The van der Waals surface area contributed by atoms with Crippen molar-refractivity contribution in [2.24, 2.45) is 0 Å². The quantitative estimate of drug-likeness (QED) is 0.794. The molecular formula is C12H15BrFN3O2. The Labute approximate surface area is 119 Å². The number of nitrogens with one attached hydrogen (secondary N) is 3. The molecule has 104 valence electrons. The molecule has 0 fully saturated rings. The number of carbonyl (C=O) groups excluding carboxylic acids is 2. The number of carbonyl (C=O) groups is 2. The van der Waals surface area contributed by atoms with Crippen molar-refractivity contribution in [2.45, 2.75) is 19.9 Å². The van der Waals surface area contributed by atoms with Crippen LogP contribution in [0.4, 0.5) is 14.9 Å². The molecule has 1 atom stereocenters. The molecule has 0 radical (unpaired) electrons. The highest BCUT2D eigenvalue weighted by molar-refractivity contribution is 9.10. The topological polar surface area (TPSA) is 70.2 Å². The average molecular weight is 332 g/mol. The molecule has 3 N–H and O–H groups in total. The lowest BCUT2D eigenvalue weighted by atomic mass is 10.1. The van der Waals surface area contributed by atoms with Crippen molar-refractivity contribution < 1.29 is 14.0 Å². The number of hydrogen-bond acceptors (Lipinski definition) is 3. The van der Waals surface area contributed by atoms with Crippen LogP contribution in [0.1, 0.15) is 12.5 Å². The van der Waals surface area contributed by atoms with Gasteiger partial charge in [0, 0.05) is 12.7 Å². The molecule has 0 aliphatic carbocycles. The Morgan fingerprint density at radius 2 is 2.00 bits per heavy atom. The van der Waals surface area contributed by atoms with Crippen molar-refractivity contribution in [1.29, 1.82) is 0 Å². The summed E-state index contributed by atoms with van der Waals surface area (Å²) < 4.78 is 13.6. The molecule has 1 unspecified atom stereocenters. The van der Waals surface area contributed by atoms with E-state index in [0.29, 0.717) is 15.7 Å². The van der Waals surface area contributed by atoms with Crippen LogP contribution in [0, 0.1) is 12.7 Å². The number of rotatable bonds is 3. The highest BCUT2D eigenvalue weighted by Crippen LogP contribution is 2.24. The fourth-order valence-electron chi connectivity index (χ4n) is 1.38. The maximum absolute atomic E-state index is 13.3. The van der Waals surface area contributed by atoms with E-state index < -0.39 is 18.0 Å². The predicted molar refractivity (Wildman–Crippen MR) is 74.5 cm³/mol. The summed E-state index contributed by atoms with van der Waals surface area (Å²) >= 11 is 3.08. The fraction of sp³-hybridized carbons (Fsp3) is 0.333. The Bertz CT molecular complexity index is 508. The number of hydrogen-bond donors (Lipinski definition) is 3. The number of imide groups is 1. The van der Waals surface area contributed by atoms with E-state index in [4.69, 9.17) is 0 Å². The number of amides is 3. The summed E-state index contributed by atoms with van der Waals surface area (Å²) in [6, 6.07) is 1.70. The van der Waals surface area contributed by atoms with Crippen LogP contribution in [0.5, 0.6) is 0 Å². The van der Waals surface area contributed by atoms with Gasteiger partial charge in [0.05, 0.1) is 4.47 Å². The van der Waals surface area contributed by atoms with Crippen LogP contribution < -0.4 is 16.0 Å². The zero-order valence-corrected chi connectivity index (χ0v) is 12.4. The molecule has 0 heterocycles. The van der Waals surface area contributed by atoms with E-state index in [1.165, 1.54) is 13.1 Å². The first-order valence-electron chi connectivity index (χ1n) is 5.60. The summed E-state index contributed by atoms with van der Waals surface area (Å²) in [6.07, 6.45) is 0. The van der Waals surface area contributed by atoms with E-state index in [1.54, 1.807) is 19.9 Å². The smallest absolute Gasteiger partial charge is 0.321 e. The van der Waals surface area contributed by atoms with Crippen molar-refractivity contribution >= 4 is 33.6 Å². The minimum Gasteiger partial charge on any atom is -0.374 e. The van der Waals surface area contributed by atoms with Crippen molar-refractivity contribution in [3.63, 3.8) is 0 Å². The molecule has 0 saturated carbocycles. The SMILES string of the molecule is CNC(=O)NC(=O)C(C)Nc1cc(Br)c(F)cc1C. The lowest BCUT2D eigenvalue weighted by molar-refractivity contribution is -0.120. The monoisotopic (exact) mass is 331 g/mol. The Balaban J connectivity index is 2.77. The van der Waals surface area contributed by atoms with Crippen LogP contribution in [-0.2, 0) is 4.79 Å². The molecule has 3 amide bonds. The molecule has 1 aromatic rings. The largest absolute Gasteiger partial charge is 0.374 e. The lowest BCUT2D eigenvalue weighted by Crippen LogP contribution is -2.44. The molecule has 7 heteroatoms. The van der Waals surface area contributed by atoms with Crippen molar-refractivity contribution in [3.05, 3.63) is 28.0 Å². The van der Waals surface area contributed by atoms with Gasteiger partial charge in [0.25, 0.3) is 0 Å². The number of anilines is 1. The summed E-state index contributed by atoms with van der Waals surface area (Å²) in [5, 5.41) is 7.36. The van der Waals surface area contributed by atoms with E-state index in [2.05, 4.69) is 31.9 Å². The molecule has 19 heavy (non-hydrogen) atoms. The van der Waals surface area contributed by atoms with Gasteiger partial charge >= 0.3 is 6.03 Å². The lowest BCUT2D eigenvalue weighted by Gasteiger charge is -2.16. The second kappa shape index (κ2) is 6.51. The standard InChI is InChI=1S/C12H15BrFN3O2/c1-6-4-9(14)8(13)5-10(6)16-7(2)11(18)17-12(19)15-3/h4-5,7,16H,1-3H3,(H2,15,17,18,19). The number of aryl methyl sites for hydroxylation is 1. The van der Waals surface area contributed by atoms with Crippen LogP contribution >= 0.6 is 15.9 Å². The zero-order chi connectivity index (χ0) is 14.6. The van der Waals surface area contributed by atoms with Gasteiger partial charge in [0.15, 0.2) is 0 Å². The first-order valence-corrected chi connectivity index (χ1v) is 6.39. The third-order valence-electron chi connectivity index (χ3n) is 2.50. The van der Waals surface area contributed by atoms with Gasteiger partial charge in [-0.15, -0.1) is 0 Å². The van der Waals surface area contributed by atoms with E-state index in [1.807, 2.05) is 0 Å². The van der Waals surface area contributed by atoms with Crippen molar-refractivity contribution in [3.8, 4) is 0 Å². The Morgan fingerprint density at radius 3 is 2.58 bits per heavy atom. The summed E-state index contributed by atoms with van der Waals surface area (Å²) in [5.41, 5.74) is 1.29.